The Morgan fingerprint density at radius 2 is 1.39 bits per heavy atom. The van der Waals surface area contributed by atoms with Crippen LogP contribution in [0.1, 0.15) is 54.8 Å². The van der Waals surface area contributed by atoms with Crippen LogP contribution in [0.2, 0.25) is 10.0 Å². The number of hydrazine groups is 1. The van der Waals surface area contributed by atoms with Crippen molar-refractivity contribution >= 4 is 46.7 Å². The summed E-state index contributed by atoms with van der Waals surface area (Å²) in [6.07, 6.45) is 0.161. The zero-order valence-corrected chi connectivity index (χ0v) is 19.0. The minimum absolute atomic E-state index is 0.0836. The zero-order valence-electron chi connectivity index (χ0n) is 17.5. The number of carbonyl (C=O) groups excluding carboxylic acids is 4. The lowest BCUT2D eigenvalue weighted by Gasteiger charge is -2.35. The molecule has 0 aromatic heterocycles. The Bertz CT molecular complexity index is 1240. The van der Waals surface area contributed by atoms with Gasteiger partial charge in [-0.1, -0.05) is 72.6 Å². The first-order valence-electron chi connectivity index (χ1n) is 10.2. The zero-order chi connectivity index (χ0) is 23.7. The van der Waals surface area contributed by atoms with E-state index in [1.165, 1.54) is 30.3 Å². The highest BCUT2D eigenvalue weighted by atomic mass is 35.5. The minimum Gasteiger partial charge on any atom is -0.292 e. The van der Waals surface area contributed by atoms with E-state index in [1.807, 2.05) is 0 Å². The number of hydrogen-bond donors (Lipinski definition) is 0. The summed E-state index contributed by atoms with van der Waals surface area (Å²) in [6, 6.07) is 17.8. The monoisotopic (exact) mass is 480 g/mol. The summed E-state index contributed by atoms with van der Waals surface area (Å²) in [5.41, 5.74) is 0.765. The van der Waals surface area contributed by atoms with Crippen molar-refractivity contribution < 1.29 is 19.2 Å². The number of ketones is 1. The first kappa shape index (κ1) is 22.7. The van der Waals surface area contributed by atoms with Gasteiger partial charge in [0.15, 0.2) is 5.78 Å². The summed E-state index contributed by atoms with van der Waals surface area (Å²) in [7, 11) is 0. The van der Waals surface area contributed by atoms with Gasteiger partial charge in [-0.2, -0.15) is 5.01 Å². The van der Waals surface area contributed by atoms with E-state index < -0.39 is 29.5 Å². The molecule has 1 aliphatic rings. The second-order valence-electron chi connectivity index (χ2n) is 7.40. The Hall–Kier alpha value is -3.48. The van der Waals surface area contributed by atoms with E-state index in [0.29, 0.717) is 5.56 Å². The van der Waals surface area contributed by atoms with Gasteiger partial charge in [-0.3, -0.25) is 19.2 Å². The van der Waals surface area contributed by atoms with Crippen LogP contribution < -0.4 is 0 Å². The maximum Gasteiger partial charge on any atom is 0.280 e. The third kappa shape index (κ3) is 4.03. The lowest BCUT2D eigenvalue weighted by Crippen LogP contribution is -2.57. The molecule has 1 heterocycles. The van der Waals surface area contributed by atoms with Gasteiger partial charge in [-0.05, 0) is 36.8 Å². The van der Waals surface area contributed by atoms with Crippen LogP contribution in [0.25, 0.3) is 0 Å². The topological polar surface area (TPSA) is 74.8 Å². The van der Waals surface area contributed by atoms with Crippen LogP contribution in [0, 0.1) is 0 Å². The van der Waals surface area contributed by atoms with Crippen molar-refractivity contribution in [3.63, 3.8) is 0 Å². The van der Waals surface area contributed by atoms with E-state index in [9.17, 15) is 19.2 Å². The van der Waals surface area contributed by atoms with Gasteiger partial charge in [-0.15, -0.1) is 0 Å². The van der Waals surface area contributed by atoms with E-state index in [-0.39, 0.29) is 33.2 Å². The Labute approximate surface area is 200 Å². The molecule has 0 saturated heterocycles. The van der Waals surface area contributed by atoms with Gasteiger partial charge < -0.3 is 0 Å². The predicted octanol–water partition coefficient (Wildman–Crippen LogP) is 5.31. The highest BCUT2D eigenvalue weighted by molar-refractivity contribution is 6.42. The summed E-state index contributed by atoms with van der Waals surface area (Å²) < 4.78 is 0. The summed E-state index contributed by atoms with van der Waals surface area (Å²) >= 11 is 12.1. The van der Waals surface area contributed by atoms with Crippen molar-refractivity contribution in [2.75, 3.05) is 0 Å². The van der Waals surface area contributed by atoms with Crippen LogP contribution in [0.15, 0.2) is 72.8 Å². The van der Waals surface area contributed by atoms with Crippen LogP contribution in [0.5, 0.6) is 0 Å². The molecule has 0 bridgehead atoms. The van der Waals surface area contributed by atoms with E-state index in [2.05, 4.69) is 0 Å². The van der Waals surface area contributed by atoms with Gasteiger partial charge in [0.2, 0.25) is 0 Å². The van der Waals surface area contributed by atoms with Crippen molar-refractivity contribution in [1.29, 1.82) is 0 Å². The molecule has 3 aromatic rings. The number of imide groups is 1. The number of hydrogen-bond acceptors (Lipinski definition) is 4. The lowest BCUT2D eigenvalue weighted by atomic mass is 10.0. The molecule has 1 atom stereocenters. The van der Waals surface area contributed by atoms with Crippen molar-refractivity contribution in [2.24, 2.45) is 0 Å². The van der Waals surface area contributed by atoms with E-state index in [4.69, 9.17) is 23.2 Å². The third-order valence-corrected chi connectivity index (χ3v) is 6.14. The Morgan fingerprint density at radius 3 is 1.94 bits per heavy atom. The molecule has 6 nitrogen and oxygen atoms in total. The van der Waals surface area contributed by atoms with Crippen LogP contribution in [-0.4, -0.2) is 39.6 Å². The van der Waals surface area contributed by atoms with Crippen LogP contribution in [0.3, 0.4) is 0 Å². The SMILES string of the molecule is CC[C@H](C(=O)c1ccccc1)N(C(=O)c1ccc(Cl)c(Cl)c1)N1C(=O)c2ccccc2C1=O. The molecule has 0 radical (unpaired) electrons. The fourth-order valence-corrected chi connectivity index (χ4v) is 4.07. The normalized spacial score (nSPS) is 13.6. The average molecular weight is 481 g/mol. The maximum atomic E-state index is 13.7. The van der Waals surface area contributed by atoms with Gasteiger partial charge in [0.25, 0.3) is 17.7 Å². The fraction of sp³-hybridized carbons (Fsp3) is 0.120. The molecule has 1 aliphatic heterocycles. The molecule has 0 fully saturated rings. The molecular weight excluding hydrogens is 463 g/mol. The molecule has 0 aliphatic carbocycles. The molecule has 0 N–H and O–H groups in total. The molecule has 8 heteroatoms. The largest absolute Gasteiger partial charge is 0.292 e. The predicted molar refractivity (Wildman–Crippen MR) is 124 cm³/mol. The average Bonchev–Trinajstić information content (AvgIpc) is 3.09. The molecule has 0 saturated carbocycles. The van der Waals surface area contributed by atoms with E-state index >= 15 is 0 Å². The quantitative estimate of drug-likeness (QED) is 0.354. The second-order valence-corrected chi connectivity index (χ2v) is 8.22. The van der Waals surface area contributed by atoms with Gasteiger partial charge >= 0.3 is 0 Å². The van der Waals surface area contributed by atoms with Crippen molar-refractivity contribution in [3.8, 4) is 0 Å². The standard InChI is InChI=1S/C25H18Cl2N2O4/c1-2-21(22(30)15-8-4-3-5-9-15)28(23(31)16-12-13-19(26)20(27)14-16)29-24(32)17-10-6-7-11-18(17)25(29)33/h3-14,21H,2H2,1H3/t21-/m1/s1. The smallest absolute Gasteiger partial charge is 0.280 e. The van der Waals surface area contributed by atoms with Crippen molar-refractivity contribution in [2.45, 2.75) is 19.4 Å². The number of carbonyl (C=O) groups is 4. The Balaban J connectivity index is 1.84. The van der Waals surface area contributed by atoms with Crippen molar-refractivity contribution in [1.82, 2.24) is 10.0 Å². The van der Waals surface area contributed by atoms with Gasteiger partial charge in [0, 0.05) is 11.1 Å². The number of rotatable bonds is 6. The number of halogens is 2. The van der Waals surface area contributed by atoms with Gasteiger partial charge in [0.05, 0.1) is 21.2 Å². The van der Waals surface area contributed by atoms with Crippen LogP contribution in [0.4, 0.5) is 0 Å². The number of Topliss-reactive ketones (excluding diaryl/α,β-unsaturated/α-hetero) is 1. The lowest BCUT2D eigenvalue weighted by molar-refractivity contribution is -0.00971. The molecular formula is C25H18Cl2N2O4. The fourth-order valence-electron chi connectivity index (χ4n) is 3.77. The molecule has 3 amide bonds. The molecule has 3 aromatic carbocycles. The van der Waals surface area contributed by atoms with Crippen LogP contribution >= 0.6 is 23.2 Å². The molecule has 166 valence electrons. The first-order chi connectivity index (χ1) is 15.8. The molecule has 33 heavy (non-hydrogen) atoms. The number of amides is 3. The van der Waals surface area contributed by atoms with E-state index in [1.54, 1.807) is 49.4 Å². The molecule has 0 unspecified atom stereocenters. The third-order valence-electron chi connectivity index (χ3n) is 5.41. The summed E-state index contributed by atoms with van der Waals surface area (Å²) in [5, 5.41) is 2.07. The Kier molecular flexibility index (Phi) is 6.31. The summed E-state index contributed by atoms with van der Waals surface area (Å²) in [6.45, 7) is 1.71. The molecule has 4 rings (SSSR count). The number of benzene rings is 3. The van der Waals surface area contributed by atoms with Gasteiger partial charge in [-0.25, -0.2) is 5.01 Å². The Morgan fingerprint density at radius 1 is 0.818 bits per heavy atom. The minimum atomic E-state index is -1.11. The second kappa shape index (κ2) is 9.17. The first-order valence-corrected chi connectivity index (χ1v) is 11.0. The summed E-state index contributed by atoms with van der Waals surface area (Å²) in [5.74, 6) is -2.48. The summed E-state index contributed by atoms with van der Waals surface area (Å²) in [4.78, 5) is 53.6. The highest BCUT2D eigenvalue weighted by Crippen LogP contribution is 2.30. The van der Waals surface area contributed by atoms with Crippen LogP contribution in [-0.2, 0) is 0 Å². The highest BCUT2D eigenvalue weighted by Gasteiger charge is 2.45. The van der Waals surface area contributed by atoms with Gasteiger partial charge in [0.1, 0.15) is 6.04 Å². The van der Waals surface area contributed by atoms with Crippen molar-refractivity contribution in [3.05, 3.63) is 105 Å². The molecule has 0 spiro atoms. The maximum absolute atomic E-state index is 13.7. The van der Waals surface area contributed by atoms with E-state index in [0.717, 1.165) is 10.0 Å². The number of nitrogens with zero attached hydrogens (tertiary/aromatic N) is 2. The number of fused-ring (bicyclic) bond motifs is 1.